The lowest BCUT2D eigenvalue weighted by molar-refractivity contribution is -0.918. The molecule has 1 saturated heterocycles. The lowest BCUT2D eigenvalue weighted by Gasteiger charge is -2.31. The Bertz CT molecular complexity index is 901. The van der Waals surface area contributed by atoms with E-state index < -0.39 is 0 Å². The molecule has 4 rings (SSSR count). The quantitative estimate of drug-likeness (QED) is 0.798. The second-order valence-electron chi connectivity index (χ2n) is 7.32. The summed E-state index contributed by atoms with van der Waals surface area (Å²) in [7, 11) is 2.11. The molecule has 1 aromatic carbocycles. The number of aryl methyl sites for hydroxylation is 1. The van der Waals surface area contributed by atoms with Gasteiger partial charge in [-0.2, -0.15) is 0 Å². The molecule has 6 nitrogen and oxygen atoms in total. The monoisotopic (exact) mass is 365 g/mol. The van der Waals surface area contributed by atoms with Gasteiger partial charge in [-0.25, -0.2) is 0 Å². The number of allylic oxidation sites excluding steroid dienone is 1. The van der Waals surface area contributed by atoms with Gasteiger partial charge in [0.05, 0.1) is 18.7 Å². The summed E-state index contributed by atoms with van der Waals surface area (Å²) in [5, 5.41) is 12.7. The van der Waals surface area contributed by atoms with Gasteiger partial charge >= 0.3 is 0 Å². The minimum atomic E-state index is -0.158. The number of carbonyl (C=O) groups is 1. The largest absolute Gasteiger partial charge is 0.872 e. The number of quaternary nitrogens is 1. The highest BCUT2D eigenvalue weighted by atomic mass is 16.5. The molecule has 0 spiro atoms. The van der Waals surface area contributed by atoms with E-state index in [2.05, 4.69) is 16.9 Å². The Hall–Kier alpha value is -2.70. The van der Waals surface area contributed by atoms with Gasteiger partial charge in [0.1, 0.15) is 12.3 Å². The van der Waals surface area contributed by atoms with Gasteiger partial charge in [-0.3, -0.25) is 14.7 Å². The zero-order chi connectivity index (χ0) is 19.0. The minimum absolute atomic E-state index is 0.0457. The highest BCUT2D eigenvalue weighted by Gasteiger charge is 2.33. The molecule has 0 amide bonds. The number of benzene rings is 1. The third-order valence-corrected chi connectivity index (χ3v) is 5.33. The van der Waals surface area contributed by atoms with Crippen molar-refractivity contribution >= 4 is 11.9 Å². The molecule has 2 aliphatic rings. The van der Waals surface area contributed by atoms with Crippen molar-refractivity contribution in [3.63, 3.8) is 0 Å². The van der Waals surface area contributed by atoms with Gasteiger partial charge in [0.2, 0.25) is 5.78 Å². The van der Waals surface area contributed by atoms with Crippen molar-refractivity contribution in [1.29, 1.82) is 0 Å². The maximum Gasteiger partial charge on any atom is 0.232 e. The van der Waals surface area contributed by atoms with Crippen LogP contribution in [-0.2, 0) is 6.54 Å². The molecule has 0 aliphatic carbocycles. The molecule has 2 aliphatic heterocycles. The van der Waals surface area contributed by atoms with Crippen LogP contribution >= 0.6 is 0 Å². The predicted octanol–water partition coefficient (Wildman–Crippen LogP) is 0.410. The van der Waals surface area contributed by atoms with Gasteiger partial charge in [0.15, 0.2) is 5.76 Å². The molecular weight excluding hydrogens is 342 g/mol. The van der Waals surface area contributed by atoms with Gasteiger partial charge in [-0.05, 0) is 43.3 Å². The number of piperazine rings is 1. The van der Waals surface area contributed by atoms with Crippen molar-refractivity contribution in [2.45, 2.75) is 13.5 Å². The zero-order valence-electron chi connectivity index (χ0n) is 15.6. The molecule has 0 saturated carbocycles. The highest BCUT2D eigenvalue weighted by Crippen LogP contribution is 2.40. The van der Waals surface area contributed by atoms with Crippen LogP contribution < -0.4 is 14.7 Å². The summed E-state index contributed by atoms with van der Waals surface area (Å²) < 4.78 is 5.95. The molecule has 1 fully saturated rings. The number of carbonyl (C=O) groups excluding carboxylic acids is 1. The Morgan fingerprint density at radius 3 is 2.70 bits per heavy atom. The zero-order valence-corrected chi connectivity index (χ0v) is 15.6. The first-order valence-electron chi connectivity index (χ1n) is 9.23. The fourth-order valence-corrected chi connectivity index (χ4v) is 3.71. The van der Waals surface area contributed by atoms with Gasteiger partial charge < -0.3 is 14.7 Å². The number of ether oxygens (including phenoxy) is 1. The predicted molar refractivity (Wildman–Crippen MR) is 99.7 cm³/mol. The number of Topliss-reactive ketones (excluding diaryl/α,β-unsaturated/α-hetero) is 1. The molecular formula is C21H23N3O3. The Morgan fingerprint density at radius 1 is 1.30 bits per heavy atom. The number of aromatic nitrogens is 1. The van der Waals surface area contributed by atoms with Crippen molar-refractivity contribution in [3.05, 3.63) is 58.6 Å². The SMILES string of the molecule is Cc1cc([O-])c(C[NH+]2CCN(C)CC2)c2c1C(=O)/C(=C/c1ccncc1)O2. The van der Waals surface area contributed by atoms with E-state index in [1.807, 2.05) is 12.1 Å². The minimum Gasteiger partial charge on any atom is -0.872 e. The van der Waals surface area contributed by atoms with Crippen LogP contribution in [0.4, 0.5) is 0 Å². The highest BCUT2D eigenvalue weighted by molar-refractivity contribution is 6.15. The van der Waals surface area contributed by atoms with Gasteiger partial charge in [-0.15, -0.1) is 0 Å². The van der Waals surface area contributed by atoms with Crippen LogP contribution in [0.2, 0.25) is 0 Å². The van der Waals surface area contributed by atoms with Crippen molar-refractivity contribution in [1.82, 2.24) is 9.88 Å². The van der Waals surface area contributed by atoms with Crippen molar-refractivity contribution in [3.8, 4) is 11.5 Å². The first-order valence-corrected chi connectivity index (χ1v) is 9.23. The number of likely N-dealkylation sites (N-methyl/N-ethyl adjacent to an activating group) is 1. The van der Waals surface area contributed by atoms with Crippen LogP contribution in [0, 0.1) is 6.92 Å². The van der Waals surface area contributed by atoms with E-state index in [9.17, 15) is 9.90 Å². The second-order valence-corrected chi connectivity index (χ2v) is 7.32. The first-order chi connectivity index (χ1) is 13.0. The number of rotatable bonds is 3. The summed E-state index contributed by atoms with van der Waals surface area (Å²) in [6, 6.07) is 5.20. The van der Waals surface area contributed by atoms with Crippen LogP contribution in [0.15, 0.2) is 36.4 Å². The number of nitrogens with zero attached hydrogens (tertiary/aromatic N) is 2. The van der Waals surface area contributed by atoms with E-state index in [-0.39, 0.29) is 17.3 Å². The molecule has 3 heterocycles. The van der Waals surface area contributed by atoms with Gasteiger partial charge in [0, 0.05) is 31.0 Å². The van der Waals surface area contributed by atoms with E-state index in [4.69, 9.17) is 4.74 Å². The van der Waals surface area contributed by atoms with E-state index in [0.29, 0.717) is 29.0 Å². The Balaban J connectivity index is 1.67. The second kappa shape index (κ2) is 7.13. The topological polar surface area (TPSA) is 69.9 Å². The summed E-state index contributed by atoms with van der Waals surface area (Å²) in [6.45, 7) is 6.35. The van der Waals surface area contributed by atoms with Crippen molar-refractivity contribution < 1.29 is 19.5 Å². The summed E-state index contributed by atoms with van der Waals surface area (Å²) >= 11 is 0. The van der Waals surface area contributed by atoms with Crippen molar-refractivity contribution in [2.75, 3.05) is 33.2 Å². The lowest BCUT2D eigenvalue weighted by Crippen LogP contribution is -3.13. The number of ketones is 1. The van der Waals surface area contributed by atoms with E-state index in [1.165, 1.54) is 4.90 Å². The molecule has 0 atom stereocenters. The number of fused-ring (bicyclic) bond motifs is 1. The van der Waals surface area contributed by atoms with Crippen LogP contribution in [-0.4, -0.2) is 48.9 Å². The van der Waals surface area contributed by atoms with Crippen LogP contribution in [0.5, 0.6) is 11.5 Å². The average molecular weight is 365 g/mol. The number of hydrogen-bond acceptors (Lipinski definition) is 5. The molecule has 0 radical (unpaired) electrons. The maximum absolute atomic E-state index is 12.9. The van der Waals surface area contributed by atoms with Crippen molar-refractivity contribution in [2.24, 2.45) is 0 Å². The van der Waals surface area contributed by atoms with E-state index in [1.54, 1.807) is 31.5 Å². The summed E-state index contributed by atoms with van der Waals surface area (Å²) in [5.74, 6) is 0.515. The molecule has 0 unspecified atom stereocenters. The fraction of sp³-hybridized carbons (Fsp3) is 0.333. The molecule has 0 bridgehead atoms. The normalized spacial score (nSPS) is 19.3. The summed E-state index contributed by atoms with van der Waals surface area (Å²) in [6.07, 6.45) is 5.05. The molecule has 140 valence electrons. The average Bonchev–Trinajstić information content (AvgIpc) is 2.98. The number of nitrogens with one attached hydrogen (secondary N) is 1. The standard InChI is InChI=1S/C21H23N3O3/c1-14-11-17(25)16(13-24-9-7-23(2)8-10-24)21-19(14)20(26)18(27-21)12-15-3-5-22-6-4-15/h3-6,11-12,25H,7-10,13H2,1-2H3/b18-12-. The van der Waals surface area contributed by atoms with Crippen LogP contribution in [0.25, 0.3) is 6.08 Å². The lowest BCUT2D eigenvalue weighted by atomic mass is 9.99. The number of pyridine rings is 1. The fourth-order valence-electron chi connectivity index (χ4n) is 3.71. The Kier molecular flexibility index (Phi) is 4.68. The van der Waals surface area contributed by atoms with E-state index >= 15 is 0 Å². The van der Waals surface area contributed by atoms with E-state index in [0.717, 1.165) is 31.7 Å². The summed E-state index contributed by atoms with van der Waals surface area (Å²) in [5.41, 5.74) is 2.66. The molecule has 27 heavy (non-hydrogen) atoms. The molecule has 1 N–H and O–H groups in total. The first kappa shape index (κ1) is 17.7. The third-order valence-electron chi connectivity index (χ3n) is 5.33. The Morgan fingerprint density at radius 2 is 2.00 bits per heavy atom. The smallest absolute Gasteiger partial charge is 0.232 e. The molecule has 6 heteroatoms. The van der Waals surface area contributed by atoms with Crippen LogP contribution in [0.1, 0.15) is 27.0 Å². The van der Waals surface area contributed by atoms with Gasteiger partial charge in [-0.1, -0.05) is 11.8 Å². The maximum atomic E-state index is 12.9. The van der Waals surface area contributed by atoms with Crippen LogP contribution in [0.3, 0.4) is 0 Å². The number of hydrogen-bond donors (Lipinski definition) is 1. The molecule has 2 aromatic rings. The summed E-state index contributed by atoms with van der Waals surface area (Å²) in [4.78, 5) is 20.5. The Labute approximate surface area is 158 Å². The third kappa shape index (κ3) is 3.46. The van der Waals surface area contributed by atoms with Gasteiger partial charge in [0.25, 0.3) is 0 Å². The molecule has 1 aromatic heterocycles.